The molecule has 4 heteroatoms. The van der Waals surface area contributed by atoms with Crippen molar-refractivity contribution in [3.63, 3.8) is 0 Å². The molecule has 0 bridgehead atoms. The van der Waals surface area contributed by atoms with Crippen LogP contribution in [0.3, 0.4) is 0 Å². The largest absolute Gasteiger partial charge is 0.399 e. The average Bonchev–Trinajstić information content (AvgIpc) is 2.17. The van der Waals surface area contributed by atoms with Gasteiger partial charge in [0.25, 0.3) is 0 Å². The van der Waals surface area contributed by atoms with Crippen LogP contribution in [0.5, 0.6) is 0 Å². The fourth-order valence-electron chi connectivity index (χ4n) is 1.43. The van der Waals surface area contributed by atoms with Crippen LogP contribution in [0.1, 0.15) is 26.3 Å². The van der Waals surface area contributed by atoms with Crippen LogP contribution in [0.4, 0.5) is 11.4 Å². The SMILES string of the molecule is Cc1cc(NCC(=O)NC(C)(C)C)ccc1N. The molecule has 1 amide bonds. The number of nitrogen functional groups attached to an aromatic ring is 1. The van der Waals surface area contributed by atoms with E-state index in [1.807, 2.05) is 45.9 Å². The van der Waals surface area contributed by atoms with Crippen molar-refractivity contribution >= 4 is 17.3 Å². The fraction of sp³-hybridized carbons (Fsp3) is 0.462. The molecule has 4 nitrogen and oxygen atoms in total. The first-order chi connectivity index (χ1) is 7.78. The van der Waals surface area contributed by atoms with Crippen molar-refractivity contribution < 1.29 is 4.79 Å². The Morgan fingerprint density at radius 1 is 1.35 bits per heavy atom. The van der Waals surface area contributed by atoms with E-state index in [1.165, 1.54) is 0 Å². The summed E-state index contributed by atoms with van der Waals surface area (Å²) < 4.78 is 0. The number of aryl methyl sites for hydroxylation is 1. The van der Waals surface area contributed by atoms with Gasteiger partial charge in [-0.3, -0.25) is 4.79 Å². The van der Waals surface area contributed by atoms with E-state index in [-0.39, 0.29) is 18.0 Å². The smallest absolute Gasteiger partial charge is 0.239 e. The quantitative estimate of drug-likeness (QED) is 0.701. The minimum Gasteiger partial charge on any atom is -0.399 e. The van der Waals surface area contributed by atoms with E-state index in [0.717, 1.165) is 16.9 Å². The molecule has 0 aromatic heterocycles. The van der Waals surface area contributed by atoms with Gasteiger partial charge in [-0.1, -0.05) is 0 Å². The lowest BCUT2D eigenvalue weighted by Crippen LogP contribution is -2.43. The summed E-state index contributed by atoms with van der Waals surface area (Å²) in [6.07, 6.45) is 0. The van der Waals surface area contributed by atoms with Gasteiger partial charge in [-0.15, -0.1) is 0 Å². The van der Waals surface area contributed by atoms with Crippen LogP contribution < -0.4 is 16.4 Å². The van der Waals surface area contributed by atoms with Gasteiger partial charge in [-0.25, -0.2) is 0 Å². The monoisotopic (exact) mass is 235 g/mol. The van der Waals surface area contributed by atoms with Crippen molar-refractivity contribution in [2.24, 2.45) is 0 Å². The zero-order valence-electron chi connectivity index (χ0n) is 10.9. The Balaban J connectivity index is 2.50. The molecule has 0 aliphatic carbocycles. The molecule has 1 aromatic carbocycles. The predicted molar refractivity (Wildman–Crippen MR) is 72.0 cm³/mol. The van der Waals surface area contributed by atoms with Gasteiger partial charge in [0.15, 0.2) is 0 Å². The zero-order chi connectivity index (χ0) is 13.1. The van der Waals surface area contributed by atoms with E-state index in [2.05, 4.69) is 10.6 Å². The maximum Gasteiger partial charge on any atom is 0.239 e. The summed E-state index contributed by atoms with van der Waals surface area (Å²) in [6.45, 7) is 8.07. The van der Waals surface area contributed by atoms with Gasteiger partial charge in [0.1, 0.15) is 0 Å². The third kappa shape index (κ3) is 4.76. The highest BCUT2D eigenvalue weighted by molar-refractivity contribution is 5.81. The number of carbonyl (C=O) groups excluding carboxylic acids is 1. The van der Waals surface area contributed by atoms with Crippen molar-refractivity contribution in [3.05, 3.63) is 23.8 Å². The van der Waals surface area contributed by atoms with E-state index in [1.54, 1.807) is 0 Å². The first-order valence-corrected chi connectivity index (χ1v) is 5.69. The molecule has 0 unspecified atom stereocenters. The van der Waals surface area contributed by atoms with Crippen molar-refractivity contribution in [2.45, 2.75) is 33.2 Å². The second-order valence-corrected chi connectivity index (χ2v) is 5.22. The topological polar surface area (TPSA) is 67.2 Å². The highest BCUT2D eigenvalue weighted by Crippen LogP contribution is 2.16. The number of amides is 1. The van der Waals surface area contributed by atoms with Crippen LogP contribution in [0.2, 0.25) is 0 Å². The molecular formula is C13H21N3O. The molecule has 17 heavy (non-hydrogen) atoms. The highest BCUT2D eigenvalue weighted by Gasteiger charge is 2.13. The molecule has 0 fully saturated rings. The average molecular weight is 235 g/mol. The molecule has 0 saturated heterocycles. The summed E-state index contributed by atoms with van der Waals surface area (Å²) in [7, 11) is 0. The molecule has 1 aromatic rings. The minimum atomic E-state index is -0.199. The van der Waals surface area contributed by atoms with Gasteiger partial charge in [0.2, 0.25) is 5.91 Å². The van der Waals surface area contributed by atoms with Gasteiger partial charge >= 0.3 is 0 Å². The molecule has 0 spiro atoms. The second-order valence-electron chi connectivity index (χ2n) is 5.22. The fourth-order valence-corrected chi connectivity index (χ4v) is 1.43. The Kier molecular flexibility index (Phi) is 3.99. The first-order valence-electron chi connectivity index (χ1n) is 5.69. The van der Waals surface area contributed by atoms with Gasteiger partial charge in [0.05, 0.1) is 6.54 Å². The lowest BCUT2D eigenvalue weighted by molar-refractivity contribution is -0.120. The molecule has 0 heterocycles. The number of rotatable bonds is 3. The number of carbonyl (C=O) groups is 1. The third-order valence-electron chi connectivity index (χ3n) is 2.24. The Morgan fingerprint density at radius 2 is 2.00 bits per heavy atom. The summed E-state index contributed by atoms with van der Waals surface area (Å²) in [5.74, 6) is -0.0213. The number of nitrogens with one attached hydrogen (secondary N) is 2. The summed E-state index contributed by atoms with van der Waals surface area (Å²) in [5.41, 5.74) is 8.19. The van der Waals surface area contributed by atoms with E-state index in [0.29, 0.717) is 0 Å². The summed E-state index contributed by atoms with van der Waals surface area (Å²) in [6, 6.07) is 5.63. The molecule has 94 valence electrons. The van der Waals surface area contributed by atoms with Gasteiger partial charge < -0.3 is 16.4 Å². The molecular weight excluding hydrogens is 214 g/mol. The second kappa shape index (κ2) is 5.08. The van der Waals surface area contributed by atoms with E-state index >= 15 is 0 Å². The molecule has 4 N–H and O–H groups in total. The van der Waals surface area contributed by atoms with Crippen LogP contribution in [0, 0.1) is 6.92 Å². The Labute approximate surface area is 103 Å². The van der Waals surface area contributed by atoms with Crippen molar-refractivity contribution in [3.8, 4) is 0 Å². The van der Waals surface area contributed by atoms with E-state index in [9.17, 15) is 4.79 Å². The first kappa shape index (κ1) is 13.4. The lowest BCUT2D eigenvalue weighted by Gasteiger charge is -2.20. The number of hydrogen-bond acceptors (Lipinski definition) is 3. The third-order valence-corrected chi connectivity index (χ3v) is 2.24. The van der Waals surface area contributed by atoms with Crippen LogP contribution >= 0.6 is 0 Å². The Hall–Kier alpha value is -1.71. The number of nitrogens with two attached hydrogens (primary N) is 1. The molecule has 0 aliphatic rings. The number of hydrogen-bond donors (Lipinski definition) is 3. The maximum atomic E-state index is 11.6. The summed E-state index contributed by atoms with van der Waals surface area (Å²) in [4.78, 5) is 11.6. The minimum absolute atomic E-state index is 0.0213. The highest BCUT2D eigenvalue weighted by atomic mass is 16.2. The molecule has 0 atom stereocenters. The van der Waals surface area contributed by atoms with E-state index in [4.69, 9.17) is 5.73 Å². The van der Waals surface area contributed by atoms with Crippen molar-refractivity contribution in [1.82, 2.24) is 5.32 Å². The van der Waals surface area contributed by atoms with Crippen LogP contribution in [0.25, 0.3) is 0 Å². The van der Waals surface area contributed by atoms with Crippen molar-refractivity contribution in [2.75, 3.05) is 17.6 Å². The lowest BCUT2D eigenvalue weighted by atomic mass is 10.1. The number of anilines is 2. The van der Waals surface area contributed by atoms with Crippen LogP contribution in [0.15, 0.2) is 18.2 Å². The van der Waals surface area contributed by atoms with Gasteiger partial charge in [0, 0.05) is 16.9 Å². The predicted octanol–water partition coefficient (Wildman–Crippen LogP) is 1.90. The Bertz CT molecular complexity index is 408. The van der Waals surface area contributed by atoms with Crippen LogP contribution in [-0.2, 0) is 4.79 Å². The van der Waals surface area contributed by atoms with Crippen LogP contribution in [-0.4, -0.2) is 18.0 Å². The molecule has 0 saturated carbocycles. The normalized spacial score (nSPS) is 11.1. The van der Waals surface area contributed by atoms with Crippen molar-refractivity contribution in [1.29, 1.82) is 0 Å². The summed E-state index contributed by atoms with van der Waals surface area (Å²) in [5, 5.41) is 5.96. The maximum absolute atomic E-state index is 11.6. The molecule has 1 rings (SSSR count). The number of benzene rings is 1. The van der Waals surface area contributed by atoms with E-state index < -0.39 is 0 Å². The standard InChI is InChI=1S/C13H21N3O/c1-9-7-10(5-6-11(9)14)15-8-12(17)16-13(2,3)4/h5-7,15H,8,14H2,1-4H3,(H,16,17). The Morgan fingerprint density at radius 3 is 2.53 bits per heavy atom. The van der Waals surface area contributed by atoms with Gasteiger partial charge in [-0.05, 0) is 51.5 Å². The summed E-state index contributed by atoms with van der Waals surface area (Å²) >= 11 is 0. The molecule has 0 radical (unpaired) electrons. The van der Waals surface area contributed by atoms with Gasteiger partial charge in [-0.2, -0.15) is 0 Å². The molecule has 0 aliphatic heterocycles. The zero-order valence-corrected chi connectivity index (χ0v) is 10.9.